The van der Waals surface area contributed by atoms with Crippen molar-refractivity contribution in [1.82, 2.24) is 14.9 Å². The first-order chi connectivity index (χ1) is 14.6. The van der Waals surface area contributed by atoms with Crippen LogP contribution in [0.25, 0.3) is 0 Å². The van der Waals surface area contributed by atoms with Crippen LogP contribution in [0, 0.1) is 6.92 Å². The average Bonchev–Trinajstić information content (AvgIpc) is 2.74. The molecule has 2 aromatic carbocycles. The molecular formula is C24H26N4O2. The number of nitrogens with zero attached hydrogens (tertiary/aromatic N) is 4. The van der Waals surface area contributed by atoms with Crippen molar-refractivity contribution in [1.29, 1.82) is 0 Å². The third-order valence-electron chi connectivity index (χ3n) is 5.31. The fourth-order valence-electron chi connectivity index (χ4n) is 3.77. The highest BCUT2D eigenvalue weighted by molar-refractivity contribution is 5.79. The largest absolute Gasteiger partial charge is 0.439 e. The van der Waals surface area contributed by atoms with Crippen LogP contribution in [0.3, 0.4) is 0 Å². The quantitative estimate of drug-likeness (QED) is 0.649. The number of rotatable bonds is 5. The highest BCUT2D eigenvalue weighted by Gasteiger charge is 2.28. The number of aromatic nitrogens is 2. The standard InChI is InChI=1S/C24H26N4O2/c1-18-7-6-10-21(13-18)30-23-15-22(25-17-26-23)27-11-12-28(19(2)16-27)24(29)14-20-8-4-3-5-9-20/h3-10,13,15,17,19H,11-12,14,16H2,1-2H3/t19-/m1/s1. The van der Waals surface area contributed by atoms with Crippen LogP contribution in [0.1, 0.15) is 18.1 Å². The molecule has 1 saturated heterocycles. The summed E-state index contributed by atoms with van der Waals surface area (Å²) in [6.07, 6.45) is 1.96. The molecule has 0 saturated carbocycles. The summed E-state index contributed by atoms with van der Waals surface area (Å²) in [7, 11) is 0. The van der Waals surface area contributed by atoms with Gasteiger partial charge in [0.05, 0.1) is 6.42 Å². The third-order valence-corrected chi connectivity index (χ3v) is 5.31. The fraction of sp³-hybridized carbons (Fsp3) is 0.292. The Labute approximate surface area is 177 Å². The first kappa shape index (κ1) is 19.9. The van der Waals surface area contributed by atoms with Crippen LogP contribution in [0.15, 0.2) is 67.0 Å². The van der Waals surface area contributed by atoms with Crippen LogP contribution in [0.4, 0.5) is 5.82 Å². The molecule has 6 nitrogen and oxygen atoms in total. The minimum atomic E-state index is 0.103. The summed E-state index contributed by atoms with van der Waals surface area (Å²) in [5, 5.41) is 0. The first-order valence-corrected chi connectivity index (χ1v) is 10.2. The van der Waals surface area contributed by atoms with Crippen LogP contribution < -0.4 is 9.64 Å². The molecule has 1 aromatic heterocycles. The Kier molecular flexibility index (Phi) is 5.93. The average molecular weight is 402 g/mol. The van der Waals surface area contributed by atoms with E-state index in [1.807, 2.05) is 72.5 Å². The van der Waals surface area contributed by atoms with Crippen molar-refractivity contribution in [3.8, 4) is 11.6 Å². The lowest BCUT2D eigenvalue weighted by Gasteiger charge is -2.40. The topological polar surface area (TPSA) is 58.6 Å². The number of anilines is 1. The highest BCUT2D eigenvalue weighted by Crippen LogP contribution is 2.24. The van der Waals surface area contributed by atoms with Gasteiger partial charge in [-0.15, -0.1) is 0 Å². The van der Waals surface area contributed by atoms with Gasteiger partial charge in [-0.25, -0.2) is 9.97 Å². The molecule has 1 atom stereocenters. The fourth-order valence-corrected chi connectivity index (χ4v) is 3.77. The van der Waals surface area contributed by atoms with Crippen molar-refractivity contribution < 1.29 is 9.53 Å². The van der Waals surface area contributed by atoms with Crippen molar-refractivity contribution in [3.63, 3.8) is 0 Å². The van der Waals surface area contributed by atoms with E-state index in [1.165, 1.54) is 6.33 Å². The number of amides is 1. The summed E-state index contributed by atoms with van der Waals surface area (Å²) in [6.45, 7) is 6.23. The molecule has 4 rings (SSSR count). The van der Waals surface area contributed by atoms with E-state index in [9.17, 15) is 4.79 Å². The second kappa shape index (κ2) is 8.95. The monoisotopic (exact) mass is 402 g/mol. The lowest BCUT2D eigenvalue weighted by atomic mass is 10.1. The van der Waals surface area contributed by atoms with E-state index in [1.54, 1.807) is 0 Å². The van der Waals surface area contributed by atoms with E-state index in [2.05, 4.69) is 21.8 Å². The first-order valence-electron chi connectivity index (χ1n) is 10.2. The van der Waals surface area contributed by atoms with Gasteiger partial charge in [-0.2, -0.15) is 0 Å². The molecule has 0 aliphatic carbocycles. The van der Waals surface area contributed by atoms with Gasteiger partial charge in [0.15, 0.2) is 0 Å². The lowest BCUT2D eigenvalue weighted by Crippen LogP contribution is -2.54. The molecule has 2 heterocycles. The minimum absolute atomic E-state index is 0.103. The van der Waals surface area contributed by atoms with Crippen molar-refractivity contribution in [3.05, 3.63) is 78.1 Å². The molecule has 0 spiro atoms. The Bertz CT molecular complexity index is 1010. The maximum Gasteiger partial charge on any atom is 0.227 e. The maximum absolute atomic E-state index is 12.8. The zero-order valence-corrected chi connectivity index (χ0v) is 17.4. The summed E-state index contributed by atoms with van der Waals surface area (Å²) in [5.41, 5.74) is 2.18. The smallest absolute Gasteiger partial charge is 0.227 e. The van der Waals surface area contributed by atoms with E-state index >= 15 is 0 Å². The number of aryl methyl sites for hydroxylation is 1. The molecule has 1 fully saturated rings. The summed E-state index contributed by atoms with van der Waals surface area (Å²) in [6, 6.07) is 19.7. The van der Waals surface area contributed by atoms with E-state index in [4.69, 9.17) is 4.74 Å². The molecule has 30 heavy (non-hydrogen) atoms. The SMILES string of the molecule is Cc1cccc(Oc2cc(N3CCN(C(=O)Cc4ccccc4)[C@H](C)C3)ncn2)c1. The predicted molar refractivity (Wildman–Crippen MR) is 117 cm³/mol. The van der Waals surface area contributed by atoms with Crippen molar-refractivity contribution in [2.45, 2.75) is 26.3 Å². The van der Waals surface area contributed by atoms with Crippen LogP contribution in [-0.4, -0.2) is 46.5 Å². The molecule has 1 amide bonds. The van der Waals surface area contributed by atoms with Gasteiger partial charge in [-0.1, -0.05) is 42.5 Å². The molecule has 1 aliphatic rings. The van der Waals surface area contributed by atoms with Crippen LogP contribution in [-0.2, 0) is 11.2 Å². The summed E-state index contributed by atoms with van der Waals surface area (Å²) in [4.78, 5) is 25.6. The molecule has 6 heteroatoms. The number of hydrogen-bond donors (Lipinski definition) is 0. The van der Waals surface area contributed by atoms with Gasteiger partial charge in [0.25, 0.3) is 0 Å². The number of piperazine rings is 1. The van der Waals surface area contributed by atoms with E-state index in [-0.39, 0.29) is 11.9 Å². The van der Waals surface area contributed by atoms with Gasteiger partial charge < -0.3 is 14.5 Å². The Morgan fingerprint density at radius 1 is 1.07 bits per heavy atom. The van der Waals surface area contributed by atoms with Gasteiger partial charge in [0, 0.05) is 31.7 Å². The molecule has 1 aliphatic heterocycles. The van der Waals surface area contributed by atoms with Crippen molar-refractivity contribution >= 4 is 11.7 Å². The highest BCUT2D eigenvalue weighted by atomic mass is 16.5. The Morgan fingerprint density at radius 3 is 2.67 bits per heavy atom. The second-order valence-corrected chi connectivity index (χ2v) is 7.68. The van der Waals surface area contributed by atoms with Crippen LogP contribution in [0.5, 0.6) is 11.6 Å². The number of carbonyl (C=O) groups is 1. The number of benzene rings is 2. The Morgan fingerprint density at radius 2 is 1.90 bits per heavy atom. The number of hydrogen-bond acceptors (Lipinski definition) is 5. The molecule has 0 N–H and O–H groups in total. The zero-order valence-electron chi connectivity index (χ0n) is 17.4. The molecule has 0 unspecified atom stereocenters. The Balaban J connectivity index is 1.40. The number of carbonyl (C=O) groups excluding carboxylic acids is 1. The normalized spacial score (nSPS) is 16.4. The van der Waals surface area contributed by atoms with Crippen LogP contribution >= 0.6 is 0 Å². The van der Waals surface area contributed by atoms with Gasteiger partial charge in [0.2, 0.25) is 11.8 Å². The van der Waals surface area contributed by atoms with Gasteiger partial charge >= 0.3 is 0 Å². The lowest BCUT2D eigenvalue weighted by molar-refractivity contribution is -0.132. The van der Waals surface area contributed by atoms with Crippen molar-refractivity contribution in [2.75, 3.05) is 24.5 Å². The summed E-state index contributed by atoms with van der Waals surface area (Å²) in [5.74, 6) is 2.25. The second-order valence-electron chi connectivity index (χ2n) is 7.68. The van der Waals surface area contributed by atoms with Gasteiger partial charge in [-0.3, -0.25) is 4.79 Å². The van der Waals surface area contributed by atoms with E-state index in [0.717, 1.165) is 35.8 Å². The third kappa shape index (κ3) is 4.76. The van der Waals surface area contributed by atoms with E-state index < -0.39 is 0 Å². The van der Waals surface area contributed by atoms with Gasteiger partial charge in [-0.05, 0) is 37.1 Å². The van der Waals surface area contributed by atoms with Gasteiger partial charge in [0.1, 0.15) is 17.9 Å². The minimum Gasteiger partial charge on any atom is -0.439 e. The van der Waals surface area contributed by atoms with Crippen LogP contribution in [0.2, 0.25) is 0 Å². The molecule has 154 valence electrons. The molecule has 3 aromatic rings. The molecule has 0 bridgehead atoms. The van der Waals surface area contributed by atoms with Crippen molar-refractivity contribution in [2.24, 2.45) is 0 Å². The maximum atomic E-state index is 12.8. The zero-order chi connectivity index (χ0) is 20.9. The Hall–Kier alpha value is -3.41. The molecule has 0 radical (unpaired) electrons. The number of ether oxygens (including phenoxy) is 1. The molecular weight excluding hydrogens is 376 g/mol. The van der Waals surface area contributed by atoms with E-state index in [0.29, 0.717) is 18.8 Å². The summed E-state index contributed by atoms with van der Waals surface area (Å²) >= 11 is 0. The summed E-state index contributed by atoms with van der Waals surface area (Å²) < 4.78 is 5.90. The predicted octanol–water partition coefficient (Wildman–Crippen LogP) is 3.86.